The van der Waals surface area contributed by atoms with Crippen LogP contribution in [0.2, 0.25) is 0 Å². The van der Waals surface area contributed by atoms with E-state index in [9.17, 15) is 4.79 Å². The zero-order valence-electron chi connectivity index (χ0n) is 17.7. The summed E-state index contributed by atoms with van der Waals surface area (Å²) in [4.78, 5) is 25.4. The highest BCUT2D eigenvalue weighted by Crippen LogP contribution is 2.33. The van der Waals surface area contributed by atoms with Gasteiger partial charge < -0.3 is 10.2 Å². The number of hydrogen-bond acceptors (Lipinski definition) is 5. The van der Waals surface area contributed by atoms with Gasteiger partial charge in [-0.25, -0.2) is 0 Å². The van der Waals surface area contributed by atoms with Crippen molar-refractivity contribution in [2.24, 2.45) is 5.16 Å². The summed E-state index contributed by atoms with van der Waals surface area (Å²) in [6.07, 6.45) is 3.29. The molecule has 1 unspecified atom stereocenters. The average Bonchev–Trinajstić information content (AvgIpc) is 3.44. The van der Waals surface area contributed by atoms with Crippen LogP contribution in [0.4, 0.5) is 0 Å². The highest BCUT2D eigenvalue weighted by atomic mass is 79.9. The first-order chi connectivity index (χ1) is 15.7. The number of amides is 1. The Morgan fingerprint density at radius 3 is 2.78 bits per heavy atom. The zero-order valence-corrected chi connectivity index (χ0v) is 19.2. The molecule has 3 heterocycles. The predicted molar refractivity (Wildman–Crippen MR) is 129 cm³/mol. The van der Waals surface area contributed by atoms with Gasteiger partial charge in [-0.3, -0.25) is 14.7 Å². The summed E-state index contributed by atoms with van der Waals surface area (Å²) >= 11 is 3.35. The van der Waals surface area contributed by atoms with Gasteiger partial charge in [0.2, 0.25) is 5.91 Å². The molecule has 1 fully saturated rings. The number of benzene rings is 2. The number of pyridine rings is 1. The third-order valence-corrected chi connectivity index (χ3v) is 6.68. The predicted octanol–water partition coefficient (Wildman–Crippen LogP) is 4.21. The molecule has 2 aliphatic rings. The maximum atomic E-state index is 13.2. The van der Waals surface area contributed by atoms with E-state index in [0.717, 1.165) is 34.1 Å². The molecule has 3 atom stereocenters. The minimum Gasteiger partial charge on any atom is -0.390 e. The summed E-state index contributed by atoms with van der Waals surface area (Å²) in [6, 6.07) is 20.6. The molecule has 164 valence electrons. The van der Waals surface area contributed by atoms with Gasteiger partial charge >= 0.3 is 0 Å². The van der Waals surface area contributed by atoms with E-state index in [4.69, 9.17) is 4.84 Å². The lowest BCUT2D eigenvalue weighted by molar-refractivity contribution is -0.126. The van der Waals surface area contributed by atoms with Crippen LogP contribution in [0.3, 0.4) is 0 Å². The van der Waals surface area contributed by atoms with Gasteiger partial charge in [0.25, 0.3) is 0 Å². The minimum atomic E-state index is -0.197. The quantitative estimate of drug-likeness (QED) is 0.559. The number of carbonyl (C=O) groups excluding carboxylic acids is 1. The SMILES string of the molecule is O=C(NCC1CC(Br)=NO1)[C@@H]1C[C@H](c2ccccc2)CN1Cc1cnc2ccccc2c1. The van der Waals surface area contributed by atoms with Crippen molar-refractivity contribution in [3.05, 3.63) is 78.0 Å². The first kappa shape index (κ1) is 21.1. The first-order valence-corrected chi connectivity index (χ1v) is 11.7. The van der Waals surface area contributed by atoms with Crippen molar-refractivity contribution >= 4 is 37.4 Å². The van der Waals surface area contributed by atoms with E-state index in [-0.39, 0.29) is 18.1 Å². The molecule has 3 aromatic rings. The van der Waals surface area contributed by atoms with Crippen LogP contribution >= 0.6 is 15.9 Å². The Morgan fingerprint density at radius 1 is 1.16 bits per heavy atom. The molecular weight excluding hydrogens is 468 g/mol. The monoisotopic (exact) mass is 492 g/mol. The van der Waals surface area contributed by atoms with Crippen LogP contribution in [0.5, 0.6) is 0 Å². The largest absolute Gasteiger partial charge is 0.390 e. The molecule has 1 aromatic heterocycles. The van der Waals surface area contributed by atoms with Crippen LogP contribution in [-0.4, -0.2) is 45.6 Å². The Hall–Kier alpha value is -2.77. The minimum absolute atomic E-state index is 0.0452. The van der Waals surface area contributed by atoms with Crippen LogP contribution in [0.25, 0.3) is 10.9 Å². The van der Waals surface area contributed by atoms with E-state index in [2.05, 4.69) is 72.7 Å². The highest BCUT2D eigenvalue weighted by molar-refractivity contribution is 9.18. The number of aromatic nitrogens is 1. The lowest BCUT2D eigenvalue weighted by Crippen LogP contribution is -2.45. The summed E-state index contributed by atoms with van der Waals surface area (Å²) in [6.45, 7) is 1.98. The summed E-state index contributed by atoms with van der Waals surface area (Å²) in [5.41, 5.74) is 3.38. The average molecular weight is 493 g/mol. The van der Waals surface area contributed by atoms with Crippen LogP contribution in [0.15, 0.2) is 72.0 Å². The Bertz CT molecular complexity index is 1140. The smallest absolute Gasteiger partial charge is 0.237 e. The maximum Gasteiger partial charge on any atom is 0.237 e. The van der Waals surface area contributed by atoms with Crippen LogP contribution in [-0.2, 0) is 16.2 Å². The normalized spacial score (nSPS) is 23.2. The van der Waals surface area contributed by atoms with E-state index < -0.39 is 0 Å². The Morgan fingerprint density at radius 2 is 1.97 bits per heavy atom. The molecule has 1 N–H and O–H groups in total. The fraction of sp³-hybridized carbons (Fsp3) is 0.320. The lowest BCUT2D eigenvalue weighted by atomic mass is 9.96. The number of carbonyl (C=O) groups is 1. The molecule has 1 amide bonds. The molecule has 0 radical (unpaired) electrons. The standard InChI is InChI=1S/C25H25BrN4O2/c26-24-12-21(32-29-24)14-28-25(31)23-11-20(18-6-2-1-3-7-18)16-30(23)15-17-10-19-8-4-5-9-22(19)27-13-17/h1-10,13,20-21,23H,11-12,14-16H2,(H,28,31)/t20-,21?,23-/m0/s1. The second-order valence-corrected chi connectivity index (χ2v) is 9.38. The molecule has 2 aliphatic heterocycles. The third kappa shape index (κ3) is 4.69. The van der Waals surface area contributed by atoms with Gasteiger partial charge in [-0.05, 0) is 51.5 Å². The van der Waals surface area contributed by atoms with Crippen molar-refractivity contribution in [1.82, 2.24) is 15.2 Å². The van der Waals surface area contributed by atoms with E-state index in [1.54, 1.807) is 0 Å². The Balaban J connectivity index is 1.32. The highest BCUT2D eigenvalue weighted by Gasteiger charge is 2.37. The van der Waals surface area contributed by atoms with Crippen LogP contribution < -0.4 is 5.32 Å². The second-order valence-electron chi connectivity index (χ2n) is 8.47. The van der Waals surface area contributed by atoms with Gasteiger partial charge in [-0.15, -0.1) is 0 Å². The molecule has 7 heteroatoms. The summed E-state index contributed by atoms with van der Waals surface area (Å²) < 4.78 is 0.784. The number of nitrogens with one attached hydrogen (secondary N) is 1. The van der Waals surface area contributed by atoms with Gasteiger partial charge in [-0.1, -0.05) is 53.7 Å². The zero-order chi connectivity index (χ0) is 21.9. The summed E-state index contributed by atoms with van der Waals surface area (Å²) in [5, 5.41) is 8.11. The number of fused-ring (bicyclic) bond motifs is 1. The molecule has 0 bridgehead atoms. The van der Waals surface area contributed by atoms with E-state index in [1.165, 1.54) is 5.56 Å². The van der Waals surface area contributed by atoms with E-state index in [0.29, 0.717) is 25.4 Å². The fourth-order valence-electron chi connectivity index (χ4n) is 4.59. The molecular formula is C25H25BrN4O2. The Kier molecular flexibility index (Phi) is 6.19. The first-order valence-electron chi connectivity index (χ1n) is 10.9. The fourth-order valence-corrected chi connectivity index (χ4v) is 5.04. The molecule has 2 aromatic carbocycles. The Labute approximate surface area is 195 Å². The molecule has 0 spiro atoms. The lowest BCUT2D eigenvalue weighted by Gasteiger charge is -2.24. The number of halogens is 1. The van der Waals surface area contributed by atoms with Crippen molar-refractivity contribution in [3.8, 4) is 0 Å². The topological polar surface area (TPSA) is 66.8 Å². The number of para-hydroxylation sites is 1. The summed E-state index contributed by atoms with van der Waals surface area (Å²) in [7, 11) is 0. The molecule has 0 saturated carbocycles. The number of hydrogen-bond donors (Lipinski definition) is 1. The molecule has 1 saturated heterocycles. The van der Waals surface area contributed by atoms with Gasteiger partial charge in [0.1, 0.15) is 4.62 Å². The van der Waals surface area contributed by atoms with Crippen LogP contribution in [0.1, 0.15) is 29.9 Å². The van der Waals surface area contributed by atoms with Gasteiger partial charge in [0, 0.05) is 31.1 Å². The number of oxime groups is 1. The van der Waals surface area contributed by atoms with Crippen molar-refractivity contribution < 1.29 is 9.63 Å². The molecule has 0 aliphatic carbocycles. The van der Waals surface area contributed by atoms with Gasteiger partial charge in [0.15, 0.2) is 6.10 Å². The molecule has 6 nitrogen and oxygen atoms in total. The van der Waals surface area contributed by atoms with Crippen molar-refractivity contribution in [3.63, 3.8) is 0 Å². The van der Waals surface area contributed by atoms with Crippen molar-refractivity contribution in [2.45, 2.75) is 37.5 Å². The number of nitrogens with zero attached hydrogens (tertiary/aromatic N) is 3. The molecule has 5 rings (SSSR count). The number of rotatable bonds is 6. The maximum absolute atomic E-state index is 13.2. The van der Waals surface area contributed by atoms with E-state index in [1.807, 2.05) is 30.5 Å². The van der Waals surface area contributed by atoms with Gasteiger partial charge in [0.05, 0.1) is 18.1 Å². The van der Waals surface area contributed by atoms with Crippen molar-refractivity contribution in [1.29, 1.82) is 0 Å². The van der Waals surface area contributed by atoms with E-state index >= 15 is 0 Å². The van der Waals surface area contributed by atoms with Crippen LogP contribution in [0, 0.1) is 0 Å². The number of likely N-dealkylation sites (tertiary alicyclic amines) is 1. The second kappa shape index (κ2) is 9.38. The third-order valence-electron chi connectivity index (χ3n) is 6.21. The summed E-state index contributed by atoms with van der Waals surface area (Å²) in [5.74, 6) is 0.365. The molecule has 32 heavy (non-hydrogen) atoms. The van der Waals surface area contributed by atoms with Gasteiger partial charge in [-0.2, -0.15) is 0 Å². The van der Waals surface area contributed by atoms with Crippen molar-refractivity contribution in [2.75, 3.05) is 13.1 Å².